The number of aromatic hydroxyl groups is 14. The van der Waals surface area contributed by atoms with Crippen LogP contribution in [0.1, 0.15) is 5.56 Å². The molecular weight excluding hydrogens is 1020 g/mol. The van der Waals surface area contributed by atoms with E-state index < -0.39 is 86.1 Å². The molecule has 0 aliphatic rings. The lowest BCUT2D eigenvalue weighted by atomic mass is 9.85. The van der Waals surface area contributed by atoms with E-state index in [0.717, 1.165) is 60.1 Å². The van der Waals surface area contributed by atoms with Gasteiger partial charge in [0, 0.05) is 27.5 Å². The van der Waals surface area contributed by atoms with Crippen molar-refractivity contribution >= 4 is 65.0 Å². The Labute approximate surface area is 450 Å². The highest BCUT2D eigenvalue weighted by Crippen LogP contribution is 2.60. The molecule has 80 heavy (non-hydrogen) atoms. The first-order valence-electron chi connectivity index (χ1n) is 24.8. The minimum atomic E-state index is -1.13. The molecular formula is C65H42O15. The van der Waals surface area contributed by atoms with Crippen LogP contribution in [0.2, 0.25) is 0 Å². The molecule has 0 aliphatic heterocycles. The monoisotopic (exact) mass is 1060 g/mol. The number of hydrogen-bond donors (Lipinski definition) is 14. The molecule has 0 fully saturated rings. The van der Waals surface area contributed by atoms with Gasteiger partial charge in [-0.3, -0.25) is 0 Å². The van der Waals surface area contributed by atoms with Gasteiger partial charge in [0.2, 0.25) is 40.2 Å². The van der Waals surface area contributed by atoms with E-state index in [1.54, 1.807) is 30.3 Å². The van der Waals surface area contributed by atoms with Gasteiger partial charge >= 0.3 is 0 Å². The molecule has 0 amide bonds. The van der Waals surface area contributed by atoms with E-state index in [1.165, 1.54) is 19.1 Å². The number of rotatable bonds is 6. The van der Waals surface area contributed by atoms with Gasteiger partial charge in [-0.05, 0) is 119 Å². The standard InChI is InChI=1S/C65H42O15/c1-27-51(66)49(55(70)58(73)52(27)67)42-23-22-40(48-41-21-19-31(26-44(41)80-65(42)48)46-53(68)59(74)63(78)60(75)54(46)69)43-25-32-24-30(18-20-33(32)34-8-2-3-9-35(34)43)28-14-16-29(17-15-28)45-36-10-4-6-12-38(36)47(39-13-7-5-11-37(39)45)50-56(71)61(76)64(79)62(77)57(50)72/h2-26,66-79H,1H3. The van der Waals surface area contributed by atoms with Gasteiger partial charge in [-0.2, -0.15) is 0 Å². The van der Waals surface area contributed by atoms with Gasteiger partial charge in [0.25, 0.3) is 0 Å². The maximum Gasteiger partial charge on any atom is 0.208 e. The lowest BCUT2D eigenvalue weighted by molar-refractivity contribution is 0.330. The van der Waals surface area contributed by atoms with Crippen LogP contribution in [0.3, 0.4) is 0 Å². The summed E-state index contributed by atoms with van der Waals surface area (Å²) in [5.41, 5.74) is 4.51. The molecule has 1 heterocycles. The molecule has 1 aromatic heterocycles. The predicted molar refractivity (Wildman–Crippen MR) is 304 cm³/mol. The SMILES string of the molecule is Cc1c(O)c(O)c(O)c(-c2ccc(-c3cc4cc(-c5ccc(-c6c7ccccc7c(-c7c(O)c(O)c(O)c(O)c7O)c7ccccc67)cc5)ccc4c4ccccc34)c3c2oc2cc(-c4c(O)c(O)c(O)c(O)c4O)ccc23)c1O. The Morgan fingerprint density at radius 1 is 0.263 bits per heavy atom. The molecule has 0 spiro atoms. The molecule has 0 atom stereocenters. The first-order valence-corrected chi connectivity index (χ1v) is 24.8. The topological polar surface area (TPSA) is 296 Å². The number of phenols is 14. The normalized spacial score (nSPS) is 11.8. The summed E-state index contributed by atoms with van der Waals surface area (Å²) < 4.78 is 6.61. The maximum atomic E-state index is 11.5. The summed E-state index contributed by atoms with van der Waals surface area (Å²) in [6.07, 6.45) is 0. The second-order valence-corrected chi connectivity index (χ2v) is 19.6. The summed E-state index contributed by atoms with van der Waals surface area (Å²) in [6.45, 7) is 1.36. The van der Waals surface area contributed by atoms with Crippen molar-refractivity contribution in [2.75, 3.05) is 0 Å². The minimum absolute atomic E-state index is 0.0529. The van der Waals surface area contributed by atoms with E-state index in [0.29, 0.717) is 32.7 Å². The van der Waals surface area contributed by atoms with Crippen LogP contribution in [0.15, 0.2) is 156 Å². The molecule has 0 bridgehead atoms. The third-order valence-corrected chi connectivity index (χ3v) is 15.4. The van der Waals surface area contributed by atoms with Crippen molar-refractivity contribution in [1.29, 1.82) is 0 Å². The molecule has 12 aromatic carbocycles. The smallest absolute Gasteiger partial charge is 0.208 e. The van der Waals surface area contributed by atoms with E-state index in [9.17, 15) is 71.5 Å². The van der Waals surface area contributed by atoms with Gasteiger partial charge in [-0.15, -0.1) is 0 Å². The third-order valence-electron chi connectivity index (χ3n) is 15.4. The van der Waals surface area contributed by atoms with Crippen molar-refractivity contribution in [3.8, 4) is 147 Å². The molecule has 0 saturated carbocycles. The van der Waals surface area contributed by atoms with Crippen molar-refractivity contribution in [1.82, 2.24) is 0 Å². The van der Waals surface area contributed by atoms with Crippen LogP contribution in [0, 0.1) is 6.92 Å². The highest BCUT2D eigenvalue weighted by molar-refractivity contribution is 6.24. The highest BCUT2D eigenvalue weighted by atomic mass is 16.4. The van der Waals surface area contributed by atoms with Crippen molar-refractivity contribution in [3.63, 3.8) is 0 Å². The third kappa shape index (κ3) is 6.73. The fraction of sp³-hybridized carbons (Fsp3) is 0.0154. The van der Waals surface area contributed by atoms with Crippen molar-refractivity contribution in [2.24, 2.45) is 0 Å². The van der Waals surface area contributed by atoms with E-state index in [2.05, 4.69) is 12.1 Å². The summed E-state index contributed by atoms with van der Waals surface area (Å²) in [7, 11) is 0. The second kappa shape index (κ2) is 17.4. The molecule has 15 nitrogen and oxygen atoms in total. The average molecular weight is 1060 g/mol. The van der Waals surface area contributed by atoms with Gasteiger partial charge in [-0.1, -0.05) is 121 Å². The molecule has 13 aromatic rings. The molecule has 13 rings (SSSR count). The summed E-state index contributed by atoms with van der Waals surface area (Å²) >= 11 is 0. The van der Waals surface area contributed by atoms with Crippen molar-refractivity contribution in [3.05, 3.63) is 157 Å². The first kappa shape index (κ1) is 48.3. The predicted octanol–water partition coefficient (Wildman–Crippen LogP) is 14.4. The second-order valence-electron chi connectivity index (χ2n) is 19.6. The number of furan rings is 1. The molecule has 0 saturated heterocycles. The van der Waals surface area contributed by atoms with Crippen molar-refractivity contribution < 1.29 is 75.9 Å². The summed E-state index contributed by atoms with van der Waals surface area (Å²) in [5.74, 6) is -12.7. The zero-order valence-electron chi connectivity index (χ0n) is 41.6. The number of fused-ring (bicyclic) bond motifs is 8. The summed E-state index contributed by atoms with van der Waals surface area (Å²) in [6, 6.07) is 46.7. The Kier molecular flexibility index (Phi) is 10.5. The van der Waals surface area contributed by atoms with Crippen LogP contribution in [0.5, 0.6) is 80.5 Å². The molecule has 392 valence electrons. The number of benzene rings is 12. The Morgan fingerprint density at radius 2 is 0.700 bits per heavy atom. The fourth-order valence-electron chi connectivity index (χ4n) is 11.5. The average Bonchev–Trinajstić information content (AvgIpc) is 3.94. The fourth-order valence-corrected chi connectivity index (χ4v) is 11.5. The highest BCUT2D eigenvalue weighted by Gasteiger charge is 2.31. The van der Waals surface area contributed by atoms with Crippen LogP contribution >= 0.6 is 0 Å². The molecule has 0 radical (unpaired) electrons. The number of phenolic OH excluding ortho intramolecular Hbond substituents is 14. The first-order chi connectivity index (χ1) is 38.5. The minimum Gasteiger partial charge on any atom is -0.507 e. The van der Waals surface area contributed by atoms with Gasteiger partial charge in [0.05, 0.1) is 16.7 Å². The van der Waals surface area contributed by atoms with E-state index in [4.69, 9.17) is 4.42 Å². The lowest BCUT2D eigenvalue weighted by Crippen LogP contribution is -1.92. The summed E-state index contributed by atoms with van der Waals surface area (Å²) in [5, 5.41) is 158. The van der Waals surface area contributed by atoms with Crippen LogP contribution in [0.25, 0.3) is 132 Å². The van der Waals surface area contributed by atoms with Gasteiger partial charge in [0.15, 0.2) is 34.5 Å². The Balaban J connectivity index is 0.989. The Hall–Kier alpha value is -11.3. The number of hydrogen-bond acceptors (Lipinski definition) is 15. The van der Waals surface area contributed by atoms with Crippen LogP contribution in [0.4, 0.5) is 0 Å². The van der Waals surface area contributed by atoms with Crippen LogP contribution in [-0.2, 0) is 0 Å². The maximum absolute atomic E-state index is 11.5. The Bertz CT molecular complexity index is 4740. The van der Waals surface area contributed by atoms with Gasteiger partial charge in [0.1, 0.15) is 16.9 Å². The van der Waals surface area contributed by atoms with E-state index in [1.807, 2.05) is 97.1 Å². The largest absolute Gasteiger partial charge is 0.507 e. The molecule has 15 heteroatoms. The van der Waals surface area contributed by atoms with E-state index in [-0.39, 0.29) is 39.0 Å². The molecule has 14 N–H and O–H groups in total. The lowest BCUT2D eigenvalue weighted by Gasteiger charge is -2.20. The Morgan fingerprint density at radius 3 is 1.29 bits per heavy atom. The van der Waals surface area contributed by atoms with Crippen LogP contribution < -0.4 is 0 Å². The van der Waals surface area contributed by atoms with Gasteiger partial charge in [-0.25, -0.2) is 0 Å². The molecule has 0 unspecified atom stereocenters. The quantitative estimate of drug-likeness (QED) is 0.0319. The molecule has 0 aliphatic carbocycles. The summed E-state index contributed by atoms with van der Waals surface area (Å²) in [4.78, 5) is 0. The van der Waals surface area contributed by atoms with Crippen molar-refractivity contribution in [2.45, 2.75) is 6.92 Å². The zero-order valence-corrected chi connectivity index (χ0v) is 41.6. The van der Waals surface area contributed by atoms with E-state index >= 15 is 0 Å². The zero-order chi connectivity index (χ0) is 55.9. The van der Waals surface area contributed by atoms with Crippen LogP contribution in [-0.4, -0.2) is 71.5 Å². The van der Waals surface area contributed by atoms with Gasteiger partial charge < -0.3 is 75.9 Å².